The number of hydrogen-bond acceptors (Lipinski definition) is 3. The zero-order valence-corrected chi connectivity index (χ0v) is 8.25. The van der Waals surface area contributed by atoms with Crippen LogP contribution in [0.15, 0.2) is 18.3 Å². The van der Waals surface area contributed by atoms with Gasteiger partial charge in [0.15, 0.2) is 0 Å². The first kappa shape index (κ1) is 9.45. The fourth-order valence-corrected chi connectivity index (χ4v) is 1.82. The highest BCUT2D eigenvalue weighted by molar-refractivity contribution is 7.81. The standard InChI is InChI=1S/C9H9FN2OS/c10-9-7(2-1-3-11-9)12-5-6(14)4-8(12)13/h1-3,6,14H,4-5H2. The molecule has 3 nitrogen and oxygen atoms in total. The second-order valence-corrected chi connectivity index (χ2v) is 3.91. The van der Waals surface area contributed by atoms with Crippen molar-refractivity contribution in [1.29, 1.82) is 0 Å². The van der Waals surface area contributed by atoms with E-state index in [9.17, 15) is 9.18 Å². The second kappa shape index (κ2) is 3.57. The van der Waals surface area contributed by atoms with Gasteiger partial charge in [0.05, 0.1) is 5.69 Å². The Morgan fingerprint density at radius 3 is 3.00 bits per heavy atom. The number of aromatic nitrogens is 1. The summed E-state index contributed by atoms with van der Waals surface area (Å²) in [5.41, 5.74) is 0.244. The first-order valence-corrected chi connectivity index (χ1v) is 4.79. The van der Waals surface area contributed by atoms with Gasteiger partial charge >= 0.3 is 0 Å². The van der Waals surface area contributed by atoms with Crippen LogP contribution < -0.4 is 4.90 Å². The summed E-state index contributed by atoms with van der Waals surface area (Å²) in [6.45, 7) is 0.449. The first-order chi connectivity index (χ1) is 6.68. The highest BCUT2D eigenvalue weighted by Crippen LogP contribution is 2.24. The smallest absolute Gasteiger partial charge is 0.236 e. The summed E-state index contributed by atoms with van der Waals surface area (Å²) in [6.07, 6.45) is 1.72. The highest BCUT2D eigenvalue weighted by Gasteiger charge is 2.29. The summed E-state index contributed by atoms with van der Waals surface area (Å²) in [7, 11) is 0. The molecule has 1 amide bonds. The molecule has 5 heteroatoms. The van der Waals surface area contributed by atoms with Crippen LogP contribution in [-0.2, 0) is 4.79 Å². The molecule has 0 spiro atoms. The zero-order chi connectivity index (χ0) is 10.1. The van der Waals surface area contributed by atoms with Crippen molar-refractivity contribution in [2.24, 2.45) is 0 Å². The number of amides is 1. The summed E-state index contributed by atoms with van der Waals surface area (Å²) in [5, 5.41) is -0.0119. The van der Waals surface area contributed by atoms with Crippen molar-refractivity contribution in [2.45, 2.75) is 11.7 Å². The lowest BCUT2D eigenvalue weighted by molar-refractivity contribution is -0.117. The van der Waals surface area contributed by atoms with Gasteiger partial charge in [-0.3, -0.25) is 4.79 Å². The molecular formula is C9H9FN2OS. The molecule has 0 radical (unpaired) electrons. The van der Waals surface area contributed by atoms with Crippen LogP contribution in [0.25, 0.3) is 0 Å². The summed E-state index contributed by atoms with van der Waals surface area (Å²) < 4.78 is 13.2. The van der Waals surface area contributed by atoms with Crippen LogP contribution in [-0.4, -0.2) is 22.7 Å². The summed E-state index contributed by atoms with van der Waals surface area (Å²) in [6, 6.07) is 3.16. The van der Waals surface area contributed by atoms with Crippen LogP contribution in [0.4, 0.5) is 10.1 Å². The third-order valence-electron chi connectivity index (χ3n) is 2.13. The van der Waals surface area contributed by atoms with E-state index in [0.717, 1.165) is 0 Å². The molecule has 1 atom stereocenters. The Balaban J connectivity index is 2.32. The monoisotopic (exact) mass is 212 g/mol. The number of carbonyl (C=O) groups excluding carboxylic acids is 1. The van der Waals surface area contributed by atoms with Gasteiger partial charge in [-0.2, -0.15) is 17.0 Å². The van der Waals surface area contributed by atoms with E-state index < -0.39 is 5.95 Å². The van der Waals surface area contributed by atoms with Crippen LogP contribution in [0.5, 0.6) is 0 Å². The lowest BCUT2D eigenvalue weighted by atomic mass is 10.4. The van der Waals surface area contributed by atoms with Gasteiger partial charge in [-0.25, -0.2) is 4.98 Å². The van der Waals surface area contributed by atoms with Gasteiger partial charge in [0.25, 0.3) is 0 Å². The number of rotatable bonds is 1. The Kier molecular flexibility index (Phi) is 2.41. The number of hydrogen-bond donors (Lipinski definition) is 1. The quantitative estimate of drug-likeness (QED) is 0.561. The van der Waals surface area contributed by atoms with Crippen LogP contribution >= 0.6 is 12.6 Å². The first-order valence-electron chi connectivity index (χ1n) is 4.27. The van der Waals surface area contributed by atoms with Crippen LogP contribution in [0.2, 0.25) is 0 Å². The summed E-state index contributed by atoms with van der Waals surface area (Å²) in [4.78, 5) is 16.3. The van der Waals surface area contributed by atoms with Gasteiger partial charge in [-0.1, -0.05) is 0 Å². The predicted octanol–water partition coefficient (Wildman–Crippen LogP) is 1.26. The van der Waals surface area contributed by atoms with Crippen LogP contribution in [0.3, 0.4) is 0 Å². The molecule has 0 N–H and O–H groups in total. The number of carbonyl (C=O) groups is 1. The summed E-state index contributed by atoms with van der Waals surface area (Å²) >= 11 is 4.19. The largest absolute Gasteiger partial charge is 0.307 e. The molecule has 1 saturated heterocycles. The van der Waals surface area contributed by atoms with Gasteiger partial charge in [-0.15, -0.1) is 0 Å². The Hall–Kier alpha value is -1.10. The van der Waals surface area contributed by atoms with Crippen LogP contribution in [0, 0.1) is 5.95 Å². The van der Waals surface area contributed by atoms with E-state index in [4.69, 9.17) is 0 Å². The normalized spacial score (nSPS) is 21.7. The molecule has 0 aromatic carbocycles. The van der Waals surface area contributed by atoms with E-state index in [0.29, 0.717) is 13.0 Å². The SMILES string of the molecule is O=C1CC(S)CN1c1cccnc1F. The molecule has 1 aromatic rings. The molecular weight excluding hydrogens is 203 g/mol. The Morgan fingerprint density at radius 2 is 2.43 bits per heavy atom. The number of thiol groups is 1. The van der Waals surface area contributed by atoms with E-state index in [2.05, 4.69) is 17.6 Å². The maximum Gasteiger partial charge on any atom is 0.236 e. The van der Waals surface area contributed by atoms with Gasteiger partial charge in [0.1, 0.15) is 0 Å². The second-order valence-electron chi connectivity index (χ2n) is 3.18. The molecule has 1 unspecified atom stereocenters. The number of nitrogens with zero attached hydrogens (tertiary/aromatic N) is 2. The molecule has 1 aliphatic heterocycles. The molecule has 0 bridgehead atoms. The average Bonchev–Trinajstić information content (AvgIpc) is 2.46. The van der Waals surface area contributed by atoms with Crippen molar-refractivity contribution < 1.29 is 9.18 Å². The third kappa shape index (κ3) is 1.59. The average molecular weight is 212 g/mol. The predicted molar refractivity (Wildman–Crippen MR) is 53.9 cm³/mol. The highest BCUT2D eigenvalue weighted by atomic mass is 32.1. The number of pyridine rings is 1. The minimum absolute atomic E-state index is 0.0119. The zero-order valence-electron chi connectivity index (χ0n) is 7.35. The fraction of sp³-hybridized carbons (Fsp3) is 0.333. The van der Waals surface area contributed by atoms with Crippen LogP contribution in [0.1, 0.15) is 6.42 Å². The van der Waals surface area contributed by atoms with Gasteiger partial charge < -0.3 is 4.90 Å². The lowest BCUT2D eigenvalue weighted by Crippen LogP contribution is -2.25. The molecule has 2 heterocycles. The molecule has 0 saturated carbocycles. The van der Waals surface area contributed by atoms with Gasteiger partial charge in [0.2, 0.25) is 11.9 Å². The molecule has 1 aliphatic rings. The minimum Gasteiger partial charge on any atom is -0.307 e. The topological polar surface area (TPSA) is 33.2 Å². The minimum atomic E-state index is -0.608. The van der Waals surface area contributed by atoms with E-state index in [1.54, 1.807) is 12.1 Å². The maximum atomic E-state index is 13.2. The molecule has 1 aromatic heterocycles. The van der Waals surface area contributed by atoms with Crippen molar-refractivity contribution in [1.82, 2.24) is 4.98 Å². The molecule has 74 valence electrons. The molecule has 1 fully saturated rings. The number of halogens is 1. The van der Waals surface area contributed by atoms with E-state index in [1.807, 2.05) is 0 Å². The summed E-state index contributed by atoms with van der Waals surface area (Å²) in [5.74, 6) is -0.708. The maximum absolute atomic E-state index is 13.2. The number of anilines is 1. The van der Waals surface area contributed by atoms with Gasteiger partial charge in [0, 0.05) is 24.4 Å². The third-order valence-corrected chi connectivity index (χ3v) is 2.48. The van der Waals surface area contributed by atoms with E-state index in [-0.39, 0.29) is 16.8 Å². The lowest BCUT2D eigenvalue weighted by Gasteiger charge is -2.15. The molecule has 14 heavy (non-hydrogen) atoms. The molecule has 2 rings (SSSR count). The van der Waals surface area contributed by atoms with Crippen molar-refractivity contribution in [3.8, 4) is 0 Å². The van der Waals surface area contributed by atoms with Crippen molar-refractivity contribution in [3.05, 3.63) is 24.3 Å². The van der Waals surface area contributed by atoms with Crippen molar-refractivity contribution in [3.63, 3.8) is 0 Å². The van der Waals surface area contributed by atoms with E-state index >= 15 is 0 Å². The Morgan fingerprint density at radius 1 is 1.64 bits per heavy atom. The Bertz CT molecular complexity index is 372. The fourth-order valence-electron chi connectivity index (χ4n) is 1.50. The Labute approximate surface area is 86.3 Å². The molecule has 0 aliphatic carbocycles. The van der Waals surface area contributed by atoms with E-state index in [1.165, 1.54) is 11.1 Å². The van der Waals surface area contributed by atoms with Crippen molar-refractivity contribution in [2.75, 3.05) is 11.4 Å². The van der Waals surface area contributed by atoms with Gasteiger partial charge in [-0.05, 0) is 12.1 Å². The van der Waals surface area contributed by atoms with Crippen molar-refractivity contribution >= 4 is 24.2 Å².